The molecular formula is C20H19FN4O. The highest BCUT2D eigenvalue weighted by molar-refractivity contribution is 5.93. The van der Waals surface area contributed by atoms with E-state index in [0.717, 1.165) is 11.1 Å². The predicted octanol–water partition coefficient (Wildman–Crippen LogP) is 3.91. The van der Waals surface area contributed by atoms with Crippen LogP contribution in [-0.2, 0) is 6.54 Å². The quantitative estimate of drug-likeness (QED) is 0.732. The molecule has 132 valence electrons. The molecule has 0 radical (unpaired) electrons. The van der Waals surface area contributed by atoms with Gasteiger partial charge in [-0.15, -0.1) is 0 Å². The molecule has 0 bridgehead atoms. The Morgan fingerprint density at radius 1 is 1.04 bits per heavy atom. The van der Waals surface area contributed by atoms with Gasteiger partial charge in [0.2, 0.25) is 0 Å². The number of benzene rings is 2. The molecule has 1 aromatic heterocycles. The molecule has 0 spiro atoms. The van der Waals surface area contributed by atoms with Crippen molar-refractivity contribution in [2.45, 2.75) is 20.4 Å². The minimum absolute atomic E-state index is 0.274. The Hall–Kier alpha value is -3.28. The predicted molar refractivity (Wildman–Crippen MR) is 98.8 cm³/mol. The van der Waals surface area contributed by atoms with E-state index in [9.17, 15) is 9.18 Å². The highest BCUT2D eigenvalue weighted by Crippen LogP contribution is 2.16. The molecule has 0 aliphatic heterocycles. The molecule has 3 rings (SSSR count). The molecule has 0 saturated carbocycles. The van der Waals surface area contributed by atoms with Crippen molar-refractivity contribution in [3.05, 3.63) is 83.1 Å². The second-order valence-electron chi connectivity index (χ2n) is 5.93. The Morgan fingerprint density at radius 3 is 2.50 bits per heavy atom. The summed E-state index contributed by atoms with van der Waals surface area (Å²) < 4.78 is 13.0. The van der Waals surface area contributed by atoms with E-state index in [1.165, 1.54) is 12.1 Å². The average molecular weight is 350 g/mol. The van der Waals surface area contributed by atoms with Crippen LogP contribution in [0.1, 0.15) is 27.4 Å². The second kappa shape index (κ2) is 7.74. The normalized spacial score (nSPS) is 10.4. The maximum Gasteiger partial charge on any atom is 0.270 e. The van der Waals surface area contributed by atoms with E-state index >= 15 is 0 Å². The summed E-state index contributed by atoms with van der Waals surface area (Å²) in [5.41, 5.74) is 3.12. The van der Waals surface area contributed by atoms with Crippen LogP contribution in [0.3, 0.4) is 0 Å². The number of nitrogens with zero attached hydrogens (tertiary/aromatic N) is 2. The summed E-state index contributed by atoms with van der Waals surface area (Å²) in [7, 11) is 0. The van der Waals surface area contributed by atoms with Crippen LogP contribution in [-0.4, -0.2) is 15.9 Å². The highest BCUT2D eigenvalue weighted by Gasteiger charge is 2.11. The summed E-state index contributed by atoms with van der Waals surface area (Å²) in [4.78, 5) is 20.9. The lowest BCUT2D eigenvalue weighted by Crippen LogP contribution is -2.24. The number of anilines is 2. The number of carbonyl (C=O) groups excluding carboxylic acids is 1. The number of halogens is 1. The van der Waals surface area contributed by atoms with Gasteiger partial charge in [0.1, 0.15) is 23.2 Å². The van der Waals surface area contributed by atoms with E-state index < -0.39 is 0 Å². The zero-order valence-electron chi connectivity index (χ0n) is 14.6. The third-order valence-electron chi connectivity index (χ3n) is 3.89. The number of hydrogen-bond acceptors (Lipinski definition) is 4. The van der Waals surface area contributed by atoms with Gasteiger partial charge in [0.25, 0.3) is 5.91 Å². The van der Waals surface area contributed by atoms with Crippen molar-refractivity contribution in [2.24, 2.45) is 0 Å². The molecule has 0 aliphatic rings. The summed E-state index contributed by atoms with van der Waals surface area (Å²) in [5, 5.41) is 5.93. The van der Waals surface area contributed by atoms with Crippen LogP contribution in [0.2, 0.25) is 0 Å². The van der Waals surface area contributed by atoms with Crippen LogP contribution >= 0.6 is 0 Å². The van der Waals surface area contributed by atoms with E-state index in [2.05, 4.69) is 20.6 Å². The zero-order chi connectivity index (χ0) is 18.5. The molecule has 1 heterocycles. The van der Waals surface area contributed by atoms with E-state index in [4.69, 9.17) is 0 Å². The molecular weight excluding hydrogens is 331 g/mol. The Bertz CT molecular complexity index is 925. The number of aryl methyl sites for hydroxylation is 2. The minimum Gasteiger partial charge on any atom is -0.347 e. The van der Waals surface area contributed by atoms with E-state index in [1.54, 1.807) is 25.1 Å². The number of amides is 1. The van der Waals surface area contributed by atoms with Gasteiger partial charge in [-0.05, 0) is 49.2 Å². The molecule has 0 fully saturated rings. The van der Waals surface area contributed by atoms with Gasteiger partial charge in [0, 0.05) is 18.3 Å². The summed E-state index contributed by atoms with van der Waals surface area (Å²) in [6.45, 7) is 4.14. The van der Waals surface area contributed by atoms with Crippen LogP contribution in [0, 0.1) is 19.7 Å². The summed E-state index contributed by atoms with van der Waals surface area (Å²) in [6.07, 6.45) is 0. The van der Waals surface area contributed by atoms with Crippen molar-refractivity contribution in [3.8, 4) is 0 Å². The number of nitrogens with one attached hydrogen (secondary N) is 2. The molecule has 2 aromatic carbocycles. The van der Waals surface area contributed by atoms with Gasteiger partial charge in [-0.2, -0.15) is 0 Å². The number of carbonyl (C=O) groups is 1. The van der Waals surface area contributed by atoms with Crippen LogP contribution in [0.15, 0.2) is 54.6 Å². The molecule has 1 amide bonds. The highest BCUT2D eigenvalue weighted by atomic mass is 19.1. The first-order chi connectivity index (χ1) is 12.5. The number of hydrogen-bond donors (Lipinski definition) is 2. The monoisotopic (exact) mass is 350 g/mol. The lowest BCUT2D eigenvalue weighted by molar-refractivity contribution is 0.0945. The largest absolute Gasteiger partial charge is 0.347 e. The molecule has 0 aliphatic carbocycles. The van der Waals surface area contributed by atoms with Crippen LogP contribution in [0.5, 0.6) is 0 Å². The van der Waals surface area contributed by atoms with Crippen LogP contribution < -0.4 is 10.6 Å². The van der Waals surface area contributed by atoms with Gasteiger partial charge < -0.3 is 10.6 Å². The van der Waals surface area contributed by atoms with Crippen molar-refractivity contribution in [1.29, 1.82) is 0 Å². The first kappa shape index (κ1) is 17.5. The molecule has 3 aromatic rings. The minimum atomic E-state index is -0.314. The van der Waals surface area contributed by atoms with Crippen molar-refractivity contribution < 1.29 is 9.18 Å². The lowest BCUT2D eigenvalue weighted by Gasteiger charge is -2.10. The van der Waals surface area contributed by atoms with Gasteiger partial charge in [0.05, 0.1) is 0 Å². The smallest absolute Gasteiger partial charge is 0.270 e. The Morgan fingerprint density at radius 2 is 1.77 bits per heavy atom. The molecule has 0 unspecified atom stereocenters. The van der Waals surface area contributed by atoms with Gasteiger partial charge in [0.15, 0.2) is 0 Å². The van der Waals surface area contributed by atoms with E-state index in [1.807, 2.05) is 31.2 Å². The van der Waals surface area contributed by atoms with Crippen LogP contribution in [0.4, 0.5) is 15.9 Å². The number of aromatic nitrogens is 2. The molecule has 26 heavy (non-hydrogen) atoms. The fourth-order valence-electron chi connectivity index (χ4n) is 2.50. The fourth-order valence-corrected chi connectivity index (χ4v) is 2.50. The third-order valence-corrected chi connectivity index (χ3v) is 3.89. The van der Waals surface area contributed by atoms with Crippen LogP contribution in [0.25, 0.3) is 0 Å². The Labute approximate surface area is 151 Å². The summed E-state index contributed by atoms with van der Waals surface area (Å²) >= 11 is 0. The summed E-state index contributed by atoms with van der Waals surface area (Å²) in [6, 6.07) is 15.4. The van der Waals surface area contributed by atoms with E-state index in [0.29, 0.717) is 23.9 Å². The fraction of sp³-hybridized carbons (Fsp3) is 0.150. The molecule has 6 heteroatoms. The standard InChI is InChI=1S/C20H19FN4O/c1-13-5-3-4-6-15(13)12-22-20(26)18-11-19(24-14(2)23-18)25-17-9-7-16(21)8-10-17/h3-11H,12H2,1-2H3,(H,22,26)(H,23,24,25). The topological polar surface area (TPSA) is 66.9 Å². The number of rotatable bonds is 5. The Balaban J connectivity index is 1.73. The second-order valence-corrected chi connectivity index (χ2v) is 5.93. The van der Waals surface area contributed by atoms with Gasteiger partial charge in [-0.3, -0.25) is 4.79 Å². The first-order valence-corrected chi connectivity index (χ1v) is 8.22. The molecule has 0 atom stereocenters. The molecule has 2 N–H and O–H groups in total. The van der Waals surface area contributed by atoms with Crippen molar-refractivity contribution in [1.82, 2.24) is 15.3 Å². The molecule has 0 saturated heterocycles. The molecule has 5 nitrogen and oxygen atoms in total. The maximum atomic E-state index is 13.0. The zero-order valence-corrected chi connectivity index (χ0v) is 14.6. The SMILES string of the molecule is Cc1nc(Nc2ccc(F)cc2)cc(C(=O)NCc2ccccc2C)n1. The van der Waals surface area contributed by atoms with Gasteiger partial charge in [-0.25, -0.2) is 14.4 Å². The Kier molecular flexibility index (Phi) is 5.22. The van der Waals surface area contributed by atoms with Crippen molar-refractivity contribution >= 4 is 17.4 Å². The average Bonchev–Trinajstić information content (AvgIpc) is 2.62. The van der Waals surface area contributed by atoms with E-state index in [-0.39, 0.29) is 17.4 Å². The third kappa shape index (κ3) is 4.42. The lowest BCUT2D eigenvalue weighted by atomic mass is 10.1. The maximum absolute atomic E-state index is 13.0. The van der Waals surface area contributed by atoms with Crippen molar-refractivity contribution in [2.75, 3.05) is 5.32 Å². The first-order valence-electron chi connectivity index (χ1n) is 8.22. The van der Waals surface area contributed by atoms with Crippen molar-refractivity contribution in [3.63, 3.8) is 0 Å². The summed E-state index contributed by atoms with van der Waals surface area (Å²) in [5.74, 6) is 0.356. The van der Waals surface area contributed by atoms with Gasteiger partial charge in [-0.1, -0.05) is 24.3 Å². The van der Waals surface area contributed by atoms with Gasteiger partial charge >= 0.3 is 0 Å².